The molecule has 2 aromatic rings. The predicted octanol–water partition coefficient (Wildman–Crippen LogP) is 5.81. The molecule has 0 spiro atoms. The highest BCUT2D eigenvalue weighted by molar-refractivity contribution is 8.33. The van der Waals surface area contributed by atoms with E-state index in [0.29, 0.717) is 0 Å². The second kappa shape index (κ2) is 4.81. The van der Waals surface area contributed by atoms with Gasteiger partial charge in [0.15, 0.2) is 0 Å². The van der Waals surface area contributed by atoms with Gasteiger partial charge < -0.3 is 4.90 Å². The van der Waals surface area contributed by atoms with Gasteiger partial charge in [0.05, 0.1) is 11.4 Å². The molecule has 1 aliphatic rings. The van der Waals surface area contributed by atoms with Crippen LogP contribution >= 0.6 is 10.0 Å². The Morgan fingerprint density at radius 3 is 1.71 bits per heavy atom. The van der Waals surface area contributed by atoms with Crippen molar-refractivity contribution < 1.29 is 0 Å². The van der Waals surface area contributed by atoms with Crippen molar-refractivity contribution in [3.63, 3.8) is 0 Å². The van der Waals surface area contributed by atoms with Crippen molar-refractivity contribution in [1.82, 2.24) is 0 Å². The fourth-order valence-corrected chi connectivity index (χ4v) is 5.64. The summed E-state index contributed by atoms with van der Waals surface area (Å²) in [5.41, 5.74) is 2.90. The van der Waals surface area contributed by atoms with Crippen molar-refractivity contribution in [3.05, 3.63) is 48.5 Å². The Balaban J connectivity index is 2.34. The van der Waals surface area contributed by atoms with Gasteiger partial charge in [0.2, 0.25) is 0 Å². The number of fused-ring (bicyclic) bond motifs is 2. The summed E-state index contributed by atoms with van der Waals surface area (Å²) in [7, 11) is -0.944. The van der Waals surface area contributed by atoms with E-state index >= 15 is 0 Å². The van der Waals surface area contributed by atoms with Crippen molar-refractivity contribution in [2.45, 2.75) is 42.5 Å². The normalized spacial score (nSPS) is 17.9. The molecule has 0 unspecified atom stereocenters. The van der Waals surface area contributed by atoms with E-state index in [-0.39, 0.29) is 5.54 Å². The van der Waals surface area contributed by atoms with E-state index in [9.17, 15) is 0 Å². The second-order valence-corrected chi connectivity index (χ2v) is 10.3. The zero-order valence-electron chi connectivity index (χ0n) is 13.7. The molecule has 0 atom stereocenters. The molecule has 0 N–H and O–H groups in total. The molecule has 3 rings (SSSR count). The van der Waals surface area contributed by atoms with Crippen LogP contribution in [-0.2, 0) is 0 Å². The summed E-state index contributed by atoms with van der Waals surface area (Å²) in [4.78, 5) is 5.56. The summed E-state index contributed by atoms with van der Waals surface area (Å²) in [5.74, 6) is 0. The molecule has 0 radical (unpaired) electrons. The molecule has 1 aliphatic heterocycles. The first-order chi connectivity index (χ1) is 9.89. The molecule has 0 fully saturated rings. The van der Waals surface area contributed by atoms with Crippen LogP contribution in [0.5, 0.6) is 0 Å². The zero-order valence-corrected chi connectivity index (χ0v) is 14.5. The summed E-state index contributed by atoms with van der Waals surface area (Å²) in [6, 6.07) is 17.9. The van der Waals surface area contributed by atoms with Gasteiger partial charge >= 0.3 is 0 Å². The highest BCUT2D eigenvalue weighted by Gasteiger charge is 2.38. The third-order valence-electron chi connectivity index (χ3n) is 4.78. The van der Waals surface area contributed by atoms with Crippen LogP contribution in [0.4, 0.5) is 11.4 Å². The molecule has 2 aromatic carbocycles. The van der Waals surface area contributed by atoms with Crippen molar-refractivity contribution >= 4 is 21.4 Å². The van der Waals surface area contributed by atoms with Gasteiger partial charge in [-0.1, -0.05) is 31.2 Å². The van der Waals surface area contributed by atoms with Crippen LogP contribution in [0.3, 0.4) is 0 Å². The highest BCUT2D eigenvalue weighted by Crippen LogP contribution is 2.67. The Morgan fingerprint density at radius 2 is 1.29 bits per heavy atom. The summed E-state index contributed by atoms with van der Waals surface area (Å²) < 4.78 is 0. The van der Waals surface area contributed by atoms with Gasteiger partial charge in [-0.2, -0.15) is 10.0 Å². The van der Waals surface area contributed by atoms with Gasteiger partial charge in [0, 0.05) is 15.3 Å². The third-order valence-corrected chi connectivity index (χ3v) is 7.67. The Kier molecular flexibility index (Phi) is 3.32. The van der Waals surface area contributed by atoms with Crippen LogP contribution in [0, 0.1) is 0 Å². The monoisotopic (exact) mass is 299 g/mol. The molecule has 0 aromatic heterocycles. The molecular weight excluding hydrogens is 274 g/mol. The smallest absolute Gasteiger partial charge is 0.0542 e. The third kappa shape index (κ3) is 2.08. The molecule has 0 aliphatic carbocycles. The van der Waals surface area contributed by atoms with Crippen LogP contribution < -0.4 is 4.90 Å². The average Bonchev–Trinajstić information content (AvgIpc) is 2.47. The Labute approximate surface area is 130 Å². The Morgan fingerprint density at radius 1 is 0.857 bits per heavy atom. The lowest BCUT2D eigenvalue weighted by atomic mass is 9.97. The standard InChI is InChI=1S/C19H25NS/c1-6-19(2,3)20-15-11-7-9-13-17(15)21(4,5)18-14-10-8-12-16(18)20/h7-14H,6H2,1-5H3. The molecule has 0 amide bonds. The Bertz CT molecular complexity index is 623. The number of para-hydroxylation sites is 2. The van der Waals surface area contributed by atoms with Crippen LogP contribution in [0.2, 0.25) is 0 Å². The van der Waals surface area contributed by atoms with Gasteiger partial charge in [-0.3, -0.25) is 0 Å². The summed E-state index contributed by atoms with van der Waals surface area (Å²) in [6.45, 7) is 6.96. The number of benzene rings is 2. The van der Waals surface area contributed by atoms with Crippen LogP contribution in [0.1, 0.15) is 27.2 Å². The maximum Gasteiger partial charge on any atom is 0.0542 e. The van der Waals surface area contributed by atoms with Gasteiger partial charge in [-0.15, -0.1) is 0 Å². The average molecular weight is 299 g/mol. The van der Waals surface area contributed by atoms with Crippen LogP contribution in [0.25, 0.3) is 0 Å². The van der Waals surface area contributed by atoms with E-state index in [1.54, 1.807) is 0 Å². The minimum atomic E-state index is -0.944. The molecule has 2 heteroatoms. The minimum absolute atomic E-state index is 0.113. The predicted molar refractivity (Wildman–Crippen MR) is 95.4 cm³/mol. The van der Waals surface area contributed by atoms with Crippen molar-refractivity contribution in [2.24, 2.45) is 0 Å². The fraction of sp³-hybridized carbons (Fsp3) is 0.368. The molecular formula is C19H25NS. The van der Waals surface area contributed by atoms with E-state index in [2.05, 4.69) is 86.7 Å². The summed E-state index contributed by atoms with van der Waals surface area (Å²) in [5, 5.41) is 0. The maximum atomic E-state index is 2.55. The maximum absolute atomic E-state index is 2.55. The van der Waals surface area contributed by atoms with Crippen molar-refractivity contribution in [3.8, 4) is 0 Å². The van der Waals surface area contributed by atoms with Crippen LogP contribution in [0.15, 0.2) is 58.3 Å². The first-order valence-electron chi connectivity index (χ1n) is 7.61. The van der Waals surface area contributed by atoms with Gasteiger partial charge in [-0.05, 0) is 57.0 Å². The first-order valence-corrected chi connectivity index (χ1v) is 10.1. The summed E-state index contributed by atoms with van der Waals surface area (Å²) >= 11 is 0. The van der Waals surface area contributed by atoms with Gasteiger partial charge in [0.25, 0.3) is 0 Å². The van der Waals surface area contributed by atoms with Gasteiger partial charge in [0.1, 0.15) is 0 Å². The number of rotatable bonds is 2. The molecule has 0 saturated carbocycles. The number of nitrogens with zero attached hydrogens (tertiary/aromatic N) is 1. The Hall–Kier alpha value is -1.41. The lowest BCUT2D eigenvalue weighted by Crippen LogP contribution is -2.42. The molecule has 0 saturated heterocycles. The highest BCUT2D eigenvalue weighted by atomic mass is 32.3. The molecule has 1 nitrogen and oxygen atoms in total. The quantitative estimate of drug-likeness (QED) is 0.676. The number of anilines is 2. The van der Waals surface area contributed by atoms with E-state index < -0.39 is 10.0 Å². The van der Waals surface area contributed by atoms with Gasteiger partial charge in [-0.25, -0.2) is 0 Å². The van der Waals surface area contributed by atoms with E-state index in [1.807, 2.05) is 0 Å². The zero-order chi connectivity index (χ0) is 15.3. The van der Waals surface area contributed by atoms with E-state index in [4.69, 9.17) is 0 Å². The van der Waals surface area contributed by atoms with E-state index in [1.165, 1.54) is 21.2 Å². The summed E-state index contributed by atoms with van der Waals surface area (Å²) in [6.07, 6.45) is 5.95. The van der Waals surface area contributed by atoms with Crippen LogP contribution in [-0.4, -0.2) is 18.1 Å². The topological polar surface area (TPSA) is 3.24 Å². The molecule has 112 valence electrons. The fourth-order valence-electron chi connectivity index (χ4n) is 3.21. The first kappa shape index (κ1) is 14.5. The number of hydrogen-bond acceptors (Lipinski definition) is 1. The molecule has 0 bridgehead atoms. The molecule has 1 heterocycles. The van der Waals surface area contributed by atoms with E-state index in [0.717, 1.165) is 6.42 Å². The lowest BCUT2D eigenvalue weighted by Gasteiger charge is -2.50. The SMILES string of the molecule is CCC(C)(C)N1c2ccccc2S(C)(C)c2ccccc21. The van der Waals surface area contributed by atoms with Crippen molar-refractivity contribution in [2.75, 3.05) is 17.4 Å². The minimum Gasteiger partial charge on any atom is -0.334 e. The largest absolute Gasteiger partial charge is 0.334 e. The molecule has 21 heavy (non-hydrogen) atoms. The lowest BCUT2D eigenvalue weighted by molar-refractivity contribution is 0.483. The van der Waals surface area contributed by atoms with Crippen molar-refractivity contribution in [1.29, 1.82) is 0 Å². The number of hydrogen-bond donors (Lipinski definition) is 0. The second-order valence-electron chi connectivity index (χ2n) is 6.76.